The van der Waals surface area contributed by atoms with Gasteiger partial charge in [0.2, 0.25) is 17.7 Å². The molecule has 3 amide bonds. The highest BCUT2D eigenvalue weighted by atomic mass is 79.9. The van der Waals surface area contributed by atoms with Crippen LogP contribution in [0.4, 0.5) is 5.69 Å². The van der Waals surface area contributed by atoms with Crippen molar-refractivity contribution in [3.63, 3.8) is 0 Å². The first kappa shape index (κ1) is 21.9. The van der Waals surface area contributed by atoms with E-state index < -0.39 is 28.7 Å². The van der Waals surface area contributed by atoms with Crippen LogP contribution in [-0.4, -0.2) is 68.3 Å². The van der Waals surface area contributed by atoms with Crippen LogP contribution < -0.4 is 10.6 Å². The molecule has 0 aromatic heterocycles. The molecule has 0 saturated carbocycles. The number of benzene rings is 1. The molecule has 3 saturated heterocycles. The van der Waals surface area contributed by atoms with E-state index in [0.717, 1.165) is 0 Å². The number of nitrogens with zero attached hydrogens (tertiary/aromatic N) is 1. The third-order valence-corrected chi connectivity index (χ3v) is 9.94. The maximum absolute atomic E-state index is 13.5. The molecular weight excluding hydrogens is 494 g/mol. The van der Waals surface area contributed by atoms with E-state index in [9.17, 15) is 19.5 Å². The number of alkyl halides is 1. The summed E-state index contributed by atoms with van der Waals surface area (Å²) in [5, 5.41) is 15.7. The second-order valence-electron chi connectivity index (χ2n) is 8.02. The van der Waals surface area contributed by atoms with Gasteiger partial charge < -0.3 is 20.6 Å². The number of halogens is 2. The number of carbonyl (C=O) groups excluding carboxylic acids is 3. The number of hydrogen-bond donors (Lipinski definition) is 3. The van der Waals surface area contributed by atoms with Crippen LogP contribution in [0.5, 0.6) is 0 Å². The maximum Gasteiger partial charge on any atom is 0.248 e. The van der Waals surface area contributed by atoms with Crippen molar-refractivity contribution in [3.05, 3.63) is 29.3 Å². The van der Waals surface area contributed by atoms with Crippen LogP contribution in [-0.2, 0) is 14.4 Å². The number of likely N-dealkylation sites (tertiary alicyclic amines) is 1. The minimum absolute atomic E-state index is 0.00819. The number of amides is 3. The Hall–Kier alpha value is -1.29. The number of thioether (sulfide) groups is 1. The van der Waals surface area contributed by atoms with E-state index in [1.165, 1.54) is 4.90 Å². The van der Waals surface area contributed by atoms with Gasteiger partial charge >= 0.3 is 0 Å². The van der Waals surface area contributed by atoms with Crippen LogP contribution in [0.15, 0.2) is 24.3 Å². The third kappa shape index (κ3) is 3.08. The van der Waals surface area contributed by atoms with Crippen LogP contribution in [0.3, 0.4) is 0 Å². The largest absolute Gasteiger partial charge is 0.394 e. The Kier molecular flexibility index (Phi) is 5.85. The van der Waals surface area contributed by atoms with E-state index in [1.54, 1.807) is 50.0 Å². The molecule has 30 heavy (non-hydrogen) atoms. The van der Waals surface area contributed by atoms with Gasteiger partial charge in [0, 0.05) is 17.1 Å². The highest BCUT2D eigenvalue weighted by Gasteiger charge is 2.75. The summed E-state index contributed by atoms with van der Waals surface area (Å²) in [6.45, 7) is 1.43. The maximum atomic E-state index is 13.5. The van der Waals surface area contributed by atoms with E-state index >= 15 is 0 Å². The van der Waals surface area contributed by atoms with Crippen molar-refractivity contribution in [3.8, 4) is 0 Å². The zero-order chi connectivity index (χ0) is 21.8. The SMILES string of the molecule is CNC(=O)[C@H]1[C@@H]2SC3(CC2Br)C(C(=O)Nc2ccccc2Cl)N([C@H](C)CO)C(=O)[C@H]13. The first-order valence-electron chi connectivity index (χ1n) is 9.78. The summed E-state index contributed by atoms with van der Waals surface area (Å²) in [6, 6.07) is 5.53. The van der Waals surface area contributed by atoms with E-state index in [0.29, 0.717) is 17.1 Å². The third-order valence-electron chi connectivity index (χ3n) is 6.40. The van der Waals surface area contributed by atoms with Gasteiger partial charge in [-0.05, 0) is 25.5 Å². The smallest absolute Gasteiger partial charge is 0.248 e. The van der Waals surface area contributed by atoms with Crippen LogP contribution in [0.25, 0.3) is 0 Å². The molecule has 162 valence electrons. The van der Waals surface area contributed by atoms with Crippen LogP contribution in [0.1, 0.15) is 13.3 Å². The molecule has 1 aromatic carbocycles. The minimum Gasteiger partial charge on any atom is -0.394 e. The highest BCUT2D eigenvalue weighted by Crippen LogP contribution is 2.67. The van der Waals surface area contributed by atoms with Gasteiger partial charge in [-0.2, -0.15) is 0 Å². The molecule has 1 spiro atoms. The van der Waals surface area contributed by atoms with Crippen LogP contribution in [0.2, 0.25) is 5.02 Å². The first-order chi connectivity index (χ1) is 14.3. The van der Waals surface area contributed by atoms with Crippen molar-refractivity contribution in [2.75, 3.05) is 19.0 Å². The fraction of sp³-hybridized carbons (Fsp3) is 0.550. The van der Waals surface area contributed by atoms with E-state index in [1.807, 2.05) is 0 Å². The first-order valence-corrected chi connectivity index (χ1v) is 12.0. The van der Waals surface area contributed by atoms with Gasteiger partial charge in [0.1, 0.15) is 6.04 Å². The van der Waals surface area contributed by atoms with Gasteiger partial charge in [0.25, 0.3) is 0 Å². The molecule has 3 fully saturated rings. The molecule has 1 aromatic rings. The number of nitrogens with one attached hydrogen (secondary N) is 2. The Bertz CT molecular complexity index is 905. The summed E-state index contributed by atoms with van der Waals surface area (Å²) >= 11 is 11.5. The summed E-state index contributed by atoms with van der Waals surface area (Å²) < 4.78 is -0.748. The average Bonchev–Trinajstić information content (AvgIpc) is 3.32. The van der Waals surface area contributed by atoms with E-state index in [-0.39, 0.29) is 34.4 Å². The molecule has 0 aliphatic carbocycles. The lowest BCUT2D eigenvalue weighted by Crippen LogP contribution is -2.54. The molecule has 2 bridgehead atoms. The van der Waals surface area contributed by atoms with Crippen molar-refractivity contribution < 1.29 is 19.5 Å². The van der Waals surface area contributed by atoms with E-state index in [2.05, 4.69) is 26.6 Å². The molecule has 10 heteroatoms. The van der Waals surface area contributed by atoms with Crippen molar-refractivity contribution >= 4 is 62.7 Å². The quantitative estimate of drug-likeness (QED) is 0.519. The van der Waals surface area contributed by atoms with Crippen molar-refractivity contribution in [2.45, 2.75) is 40.3 Å². The zero-order valence-corrected chi connectivity index (χ0v) is 19.6. The Morgan fingerprint density at radius 1 is 1.40 bits per heavy atom. The number of anilines is 1. The number of aliphatic hydroxyl groups is 1. The lowest BCUT2D eigenvalue weighted by Gasteiger charge is -2.36. The Labute approximate surface area is 192 Å². The van der Waals surface area contributed by atoms with Crippen molar-refractivity contribution in [1.29, 1.82) is 0 Å². The molecule has 3 aliphatic rings. The number of carbonyl (C=O) groups is 3. The number of aliphatic hydroxyl groups excluding tert-OH is 1. The molecule has 7 nitrogen and oxygen atoms in total. The lowest BCUT2D eigenvalue weighted by molar-refractivity contribution is -0.141. The monoisotopic (exact) mass is 515 g/mol. The molecule has 4 rings (SSSR count). The molecule has 3 N–H and O–H groups in total. The summed E-state index contributed by atoms with van der Waals surface area (Å²) in [6.07, 6.45) is 0.585. The molecule has 3 heterocycles. The number of rotatable bonds is 5. The fourth-order valence-corrected chi connectivity index (χ4v) is 8.94. The van der Waals surface area contributed by atoms with E-state index in [4.69, 9.17) is 11.6 Å². The summed E-state index contributed by atoms with van der Waals surface area (Å²) in [7, 11) is 1.56. The Balaban J connectivity index is 1.77. The lowest BCUT2D eigenvalue weighted by atomic mass is 9.70. The summed E-state index contributed by atoms with van der Waals surface area (Å²) in [4.78, 5) is 41.3. The zero-order valence-electron chi connectivity index (χ0n) is 16.5. The van der Waals surface area contributed by atoms with Gasteiger partial charge in [-0.15, -0.1) is 11.8 Å². The Morgan fingerprint density at radius 3 is 2.73 bits per heavy atom. The number of fused-ring (bicyclic) bond motifs is 1. The van der Waals surface area contributed by atoms with Crippen LogP contribution in [0, 0.1) is 11.8 Å². The Morgan fingerprint density at radius 2 is 2.10 bits per heavy atom. The normalized spacial score (nSPS) is 35.3. The molecule has 3 unspecified atom stereocenters. The topological polar surface area (TPSA) is 98.7 Å². The van der Waals surface area contributed by atoms with Gasteiger partial charge in [0.15, 0.2) is 0 Å². The highest BCUT2D eigenvalue weighted by molar-refractivity contribution is 9.09. The minimum atomic E-state index is -0.821. The van der Waals surface area contributed by atoms with Gasteiger partial charge in [-0.25, -0.2) is 0 Å². The van der Waals surface area contributed by atoms with Crippen molar-refractivity contribution in [2.24, 2.45) is 11.8 Å². The predicted molar refractivity (Wildman–Crippen MR) is 120 cm³/mol. The molecule has 7 atom stereocenters. The van der Waals surface area contributed by atoms with Gasteiger partial charge in [-0.1, -0.05) is 39.7 Å². The second-order valence-corrected chi connectivity index (χ2v) is 11.1. The number of hydrogen-bond acceptors (Lipinski definition) is 5. The summed E-state index contributed by atoms with van der Waals surface area (Å²) in [5.41, 5.74) is 0.462. The van der Waals surface area contributed by atoms with Crippen LogP contribution >= 0.6 is 39.3 Å². The average molecular weight is 517 g/mol. The molecule has 3 aliphatic heterocycles. The standard InChI is InChI=1S/C20H23BrClN3O4S/c1-9(8-26)25-16(18(28)24-12-6-4-3-5-11(12)22)20-7-10(21)15(30-20)13(17(27)23-2)14(20)19(25)29/h3-6,9-10,13-16,26H,7-8H2,1-2H3,(H,23,27)(H,24,28)/t9-,10?,13-,14+,15-,16?,20?/m1/s1. The predicted octanol–water partition coefficient (Wildman–Crippen LogP) is 1.87. The van der Waals surface area contributed by atoms with Crippen molar-refractivity contribution in [1.82, 2.24) is 10.2 Å². The molecule has 0 radical (unpaired) electrons. The number of para-hydroxylation sites is 1. The fourth-order valence-electron chi connectivity index (χ4n) is 5.16. The molecular formula is C20H23BrClN3O4S. The van der Waals surface area contributed by atoms with Gasteiger partial charge in [0.05, 0.1) is 39.9 Å². The summed E-state index contributed by atoms with van der Waals surface area (Å²) in [5.74, 6) is -1.95. The van der Waals surface area contributed by atoms with Gasteiger partial charge in [-0.3, -0.25) is 14.4 Å². The second kappa shape index (κ2) is 8.00.